The Morgan fingerprint density at radius 1 is 1.16 bits per heavy atom. The molecule has 4 nitrogen and oxygen atoms in total. The highest BCUT2D eigenvalue weighted by molar-refractivity contribution is 6.30. The number of nitrogens with zero attached hydrogens (tertiary/aromatic N) is 2. The second kappa shape index (κ2) is 6.33. The lowest BCUT2D eigenvalue weighted by molar-refractivity contribution is 0.0727. The number of halogens is 2. The number of fused-ring (bicyclic) bond motifs is 1. The van der Waals surface area contributed by atoms with Crippen LogP contribution in [-0.4, -0.2) is 22.5 Å². The molecule has 0 unspecified atom stereocenters. The molecule has 1 aliphatic heterocycles. The molecule has 4 rings (SSSR count). The van der Waals surface area contributed by atoms with Gasteiger partial charge in [-0.25, -0.2) is 4.39 Å². The fourth-order valence-corrected chi connectivity index (χ4v) is 3.16. The minimum Gasteiger partial charge on any atom is -0.356 e. The van der Waals surface area contributed by atoms with E-state index in [1.807, 2.05) is 12.1 Å². The summed E-state index contributed by atoms with van der Waals surface area (Å²) >= 11 is 5.92. The van der Waals surface area contributed by atoms with Crippen molar-refractivity contribution in [3.63, 3.8) is 0 Å². The molecule has 0 bridgehead atoms. The van der Waals surface area contributed by atoms with Crippen molar-refractivity contribution in [3.05, 3.63) is 76.2 Å². The maximum atomic E-state index is 13.9. The molecule has 0 radical (unpaired) electrons. The third kappa shape index (κ3) is 2.91. The first kappa shape index (κ1) is 15.8. The first-order valence-corrected chi connectivity index (χ1v) is 8.28. The summed E-state index contributed by atoms with van der Waals surface area (Å²) in [6.07, 6.45) is 0.608. The van der Waals surface area contributed by atoms with Gasteiger partial charge in [0.15, 0.2) is 5.76 Å². The first-order valence-electron chi connectivity index (χ1n) is 7.90. The predicted molar refractivity (Wildman–Crippen MR) is 91.8 cm³/mol. The van der Waals surface area contributed by atoms with Crippen LogP contribution >= 0.6 is 11.6 Å². The van der Waals surface area contributed by atoms with Gasteiger partial charge in [-0.15, -0.1) is 0 Å². The van der Waals surface area contributed by atoms with Crippen LogP contribution < -0.4 is 0 Å². The van der Waals surface area contributed by atoms with E-state index in [1.165, 1.54) is 12.1 Å². The molecule has 0 spiro atoms. The van der Waals surface area contributed by atoms with Gasteiger partial charge in [-0.1, -0.05) is 28.9 Å². The van der Waals surface area contributed by atoms with Crippen LogP contribution in [-0.2, 0) is 13.0 Å². The third-order valence-corrected chi connectivity index (χ3v) is 4.59. The monoisotopic (exact) mass is 356 g/mol. The fourth-order valence-electron chi connectivity index (χ4n) is 3.04. The van der Waals surface area contributed by atoms with Crippen LogP contribution in [0.15, 0.2) is 53.1 Å². The lowest BCUT2D eigenvalue weighted by Gasteiger charge is -2.26. The van der Waals surface area contributed by atoms with E-state index in [0.29, 0.717) is 36.0 Å². The van der Waals surface area contributed by atoms with Crippen molar-refractivity contribution in [3.8, 4) is 11.3 Å². The Morgan fingerprint density at radius 2 is 1.92 bits per heavy atom. The second-order valence-electron chi connectivity index (χ2n) is 5.90. The van der Waals surface area contributed by atoms with E-state index in [-0.39, 0.29) is 11.5 Å². The number of carbonyl (C=O) groups is 1. The summed E-state index contributed by atoms with van der Waals surface area (Å²) in [6, 6.07) is 13.3. The van der Waals surface area contributed by atoms with Crippen molar-refractivity contribution in [2.24, 2.45) is 0 Å². The molecule has 6 heteroatoms. The topological polar surface area (TPSA) is 46.3 Å². The highest BCUT2D eigenvalue weighted by Gasteiger charge is 2.28. The highest BCUT2D eigenvalue weighted by atomic mass is 35.5. The van der Waals surface area contributed by atoms with Crippen molar-refractivity contribution in [2.75, 3.05) is 6.54 Å². The van der Waals surface area contributed by atoms with Gasteiger partial charge in [-0.3, -0.25) is 4.79 Å². The number of carbonyl (C=O) groups excluding carboxylic acids is 1. The largest absolute Gasteiger partial charge is 0.356 e. The van der Waals surface area contributed by atoms with Crippen LogP contribution in [0.3, 0.4) is 0 Å². The van der Waals surface area contributed by atoms with Gasteiger partial charge in [-0.05, 0) is 42.8 Å². The minimum absolute atomic E-state index is 0.0763. The number of aromatic nitrogens is 1. The molecule has 25 heavy (non-hydrogen) atoms. The lowest BCUT2D eigenvalue weighted by atomic mass is 10.00. The fraction of sp³-hybridized carbons (Fsp3) is 0.158. The molecule has 1 aliphatic rings. The average Bonchev–Trinajstić information content (AvgIpc) is 3.05. The van der Waals surface area contributed by atoms with Gasteiger partial charge in [0.05, 0.1) is 12.1 Å². The van der Waals surface area contributed by atoms with Gasteiger partial charge in [0.2, 0.25) is 0 Å². The Bertz CT molecular complexity index is 937. The molecule has 0 aliphatic carbocycles. The molecule has 3 aromatic rings. The van der Waals surface area contributed by atoms with Crippen LogP contribution in [0.5, 0.6) is 0 Å². The zero-order valence-electron chi connectivity index (χ0n) is 13.2. The van der Waals surface area contributed by atoms with Gasteiger partial charge < -0.3 is 9.42 Å². The lowest BCUT2D eigenvalue weighted by Crippen LogP contribution is -2.36. The van der Waals surface area contributed by atoms with Crippen molar-refractivity contribution < 1.29 is 13.7 Å². The highest BCUT2D eigenvalue weighted by Crippen LogP contribution is 2.31. The first-order chi connectivity index (χ1) is 12.1. The Kier molecular flexibility index (Phi) is 4.01. The van der Waals surface area contributed by atoms with Crippen LogP contribution in [0.1, 0.15) is 21.6 Å². The van der Waals surface area contributed by atoms with E-state index in [2.05, 4.69) is 5.16 Å². The molecule has 126 valence electrons. The van der Waals surface area contributed by atoms with Crippen LogP contribution in [0, 0.1) is 5.82 Å². The Morgan fingerprint density at radius 3 is 2.68 bits per heavy atom. The van der Waals surface area contributed by atoms with E-state index in [4.69, 9.17) is 16.1 Å². The third-order valence-electron chi connectivity index (χ3n) is 4.34. The smallest absolute Gasteiger partial charge is 0.257 e. The summed E-state index contributed by atoms with van der Waals surface area (Å²) in [6.45, 7) is 0.793. The SMILES string of the molecule is O=C(c1ccccc1F)N1CCc2c(noc2-c2ccc(Cl)cc2)C1. The summed E-state index contributed by atoms with van der Waals surface area (Å²) < 4.78 is 19.4. The van der Waals surface area contributed by atoms with Crippen LogP contribution in [0.4, 0.5) is 4.39 Å². The molecular formula is C19H14ClFN2O2. The molecule has 0 N–H and O–H groups in total. The van der Waals surface area contributed by atoms with Gasteiger partial charge in [0.25, 0.3) is 5.91 Å². The Hall–Kier alpha value is -2.66. The van der Waals surface area contributed by atoms with E-state index in [0.717, 1.165) is 11.1 Å². The number of rotatable bonds is 2. The standard InChI is InChI=1S/C19H14ClFN2O2/c20-13-7-5-12(6-8-13)18-15-9-10-23(11-17(15)22-25-18)19(24)14-3-1-2-4-16(14)21/h1-8H,9-11H2. The summed E-state index contributed by atoms with van der Waals surface area (Å²) in [5, 5.41) is 4.76. The molecule has 1 amide bonds. The van der Waals surface area contributed by atoms with Crippen molar-refractivity contribution >= 4 is 17.5 Å². The summed E-state index contributed by atoms with van der Waals surface area (Å²) in [5.74, 6) is -0.148. The molecule has 0 fully saturated rings. The van der Waals surface area contributed by atoms with Gasteiger partial charge in [0.1, 0.15) is 11.5 Å². The molecule has 2 aromatic carbocycles. The van der Waals surface area contributed by atoms with Gasteiger partial charge in [-0.2, -0.15) is 0 Å². The van der Waals surface area contributed by atoms with Gasteiger partial charge >= 0.3 is 0 Å². The Balaban J connectivity index is 1.60. The molecular weight excluding hydrogens is 343 g/mol. The number of amides is 1. The number of hydrogen-bond acceptors (Lipinski definition) is 3. The van der Waals surface area contributed by atoms with E-state index < -0.39 is 5.82 Å². The van der Waals surface area contributed by atoms with Crippen molar-refractivity contribution in [1.29, 1.82) is 0 Å². The molecule has 0 atom stereocenters. The normalized spacial score (nSPS) is 13.6. The van der Waals surface area contributed by atoms with Crippen LogP contribution in [0.2, 0.25) is 5.02 Å². The quantitative estimate of drug-likeness (QED) is 0.686. The van der Waals surface area contributed by atoms with Crippen LogP contribution in [0.25, 0.3) is 11.3 Å². The summed E-state index contributed by atoms with van der Waals surface area (Å²) in [5.41, 5.74) is 2.67. The number of benzene rings is 2. The van der Waals surface area contributed by atoms with E-state index in [9.17, 15) is 9.18 Å². The number of hydrogen-bond donors (Lipinski definition) is 0. The predicted octanol–water partition coefficient (Wildman–Crippen LogP) is 4.33. The van der Waals surface area contributed by atoms with E-state index in [1.54, 1.807) is 29.2 Å². The molecule has 0 saturated heterocycles. The zero-order chi connectivity index (χ0) is 17.4. The van der Waals surface area contributed by atoms with Crippen molar-refractivity contribution in [2.45, 2.75) is 13.0 Å². The summed E-state index contributed by atoms with van der Waals surface area (Å²) in [7, 11) is 0. The van der Waals surface area contributed by atoms with Crippen molar-refractivity contribution in [1.82, 2.24) is 10.1 Å². The maximum Gasteiger partial charge on any atom is 0.257 e. The zero-order valence-corrected chi connectivity index (χ0v) is 14.0. The molecule has 1 aromatic heterocycles. The maximum absolute atomic E-state index is 13.9. The van der Waals surface area contributed by atoms with Gasteiger partial charge in [0, 0.05) is 22.7 Å². The van der Waals surface area contributed by atoms with E-state index >= 15 is 0 Å². The Labute approximate surface area is 148 Å². The molecule has 2 heterocycles. The average molecular weight is 357 g/mol. The molecule has 0 saturated carbocycles. The minimum atomic E-state index is -0.514. The second-order valence-corrected chi connectivity index (χ2v) is 6.34. The summed E-state index contributed by atoms with van der Waals surface area (Å²) in [4.78, 5) is 14.1.